The van der Waals surface area contributed by atoms with Gasteiger partial charge < -0.3 is 4.74 Å². The monoisotopic (exact) mass is 240 g/mol. The van der Waals surface area contributed by atoms with Crippen LogP contribution < -0.4 is 4.74 Å². The van der Waals surface area contributed by atoms with E-state index in [9.17, 15) is 0 Å². The third-order valence-electron chi connectivity index (χ3n) is 3.06. The van der Waals surface area contributed by atoms with Gasteiger partial charge >= 0.3 is 0 Å². The molecule has 0 aliphatic carbocycles. The van der Waals surface area contributed by atoms with Crippen molar-refractivity contribution in [2.24, 2.45) is 0 Å². The van der Waals surface area contributed by atoms with E-state index in [4.69, 9.17) is 4.74 Å². The molecule has 0 unspecified atom stereocenters. The topological polar surface area (TPSA) is 9.23 Å². The molecule has 0 atom stereocenters. The van der Waals surface area contributed by atoms with Crippen molar-refractivity contribution in [1.29, 1.82) is 0 Å². The second-order valence-electron chi connectivity index (χ2n) is 4.56. The van der Waals surface area contributed by atoms with Gasteiger partial charge in [-0.25, -0.2) is 0 Å². The number of aryl methyl sites for hydroxylation is 3. The molecule has 0 heterocycles. The lowest BCUT2D eigenvalue weighted by Gasteiger charge is -2.05. The van der Waals surface area contributed by atoms with Crippen LogP contribution in [0.1, 0.15) is 23.6 Å². The first-order valence-electron chi connectivity index (χ1n) is 6.55. The predicted octanol–water partition coefficient (Wildman–Crippen LogP) is 4.18. The van der Waals surface area contributed by atoms with Gasteiger partial charge in [-0.1, -0.05) is 42.0 Å². The van der Waals surface area contributed by atoms with E-state index in [0.717, 1.165) is 25.2 Å². The zero-order chi connectivity index (χ0) is 12.8. The maximum Gasteiger partial charge on any atom is 0.119 e. The number of hydrogen-bond donors (Lipinski definition) is 0. The second kappa shape index (κ2) is 6.25. The molecule has 0 spiro atoms. The first-order chi connectivity index (χ1) is 8.78. The molecule has 0 aliphatic rings. The fraction of sp³-hybridized carbons (Fsp3) is 0.294. The minimum atomic E-state index is 0.725. The second-order valence-corrected chi connectivity index (χ2v) is 4.56. The molecule has 0 aliphatic heterocycles. The number of ether oxygens (including phenoxy) is 1. The van der Waals surface area contributed by atoms with Crippen molar-refractivity contribution in [3.8, 4) is 5.75 Å². The highest BCUT2D eigenvalue weighted by molar-refractivity contribution is 5.28. The Hall–Kier alpha value is -1.76. The van der Waals surface area contributed by atoms with E-state index in [1.165, 1.54) is 16.7 Å². The Kier molecular flexibility index (Phi) is 4.40. The average molecular weight is 240 g/mol. The summed E-state index contributed by atoms with van der Waals surface area (Å²) in [6, 6.07) is 17.2. The fourth-order valence-electron chi connectivity index (χ4n) is 1.96. The summed E-state index contributed by atoms with van der Waals surface area (Å²) in [4.78, 5) is 0. The average Bonchev–Trinajstić information content (AvgIpc) is 2.40. The molecule has 0 aromatic heterocycles. The molecule has 18 heavy (non-hydrogen) atoms. The van der Waals surface area contributed by atoms with Crippen LogP contribution in [0.3, 0.4) is 0 Å². The normalized spacial score (nSPS) is 10.3. The minimum Gasteiger partial charge on any atom is -0.494 e. The summed E-state index contributed by atoms with van der Waals surface area (Å²) < 4.78 is 5.44. The van der Waals surface area contributed by atoms with Crippen LogP contribution in [0.15, 0.2) is 48.5 Å². The van der Waals surface area contributed by atoms with Gasteiger partial charge in [0.05, 0.1) is 6.61 Å². The summed E-state index contributed by atoms with van der Waals surface area (Å²) in [5, 5.41) is 0. The number of benzene rings is 2. The molecule has 0 N–H and O–H groups in total. The van der Waals surface area contributed by atoms with E-state index in [0.29, 0.717) is 0 Å². The Morgan fingerprint density at radius 1 is 0.778 bits per heavy atom. The van der Waals surface area contributed by atoms with Crippen molar-refractivity contribution in [3.63, 3.8) is 0 Å². The van der Waals surface area contributed by atoms with E-state index >= 15 is 0 Å². The van der Waals surface area contributed by atoms with Crippen molar-refractivity contribution in [3.05, 3.63) is 65.2 Å². The molecule has 0 bridgehead atoms. The molecule has 0 fully saturated rings. The van der Waals surface area contributed by atoms with Gasteiger partial charge in [-0.2, -0.15) is 0 Å². The zero-order valence-corrected chi connectivity index (χ0v) is 11.1. The predicted molar refractivity (Wildman–Crippen MR) is 76.2 cm³/mol. The largest absolute Gasteiger partial charge is 0.494 e. The molecule has 0 saturated heterocycles. The van der Waals surface area contributed by atoms with Gasteiger partial charge in [-0.15, -0.1) is 0 Å². The lowest BCUT2D eigenvalue weighted by molar-refractivity contribution is 0.340. The first kappa shape index (κ1) is 12.7. The molecular weight excluding hydrogens is 220 g/mol. The van der Waals surface area contributed by atoms with Gasteiger partial charge in [-0.05, 0) is 49.9 Å². The van der Waals surface area contributed by atoms with Crippen LogP contribution in [-0.2, 0) is 12.8 Å². The Morgan fingerprint density at radius 3 is 1.78 bits per heavy atom. The molecule has 2 rings (SSSR count). The SMILES string of the molecule is CCOc1ccc(CCc2ccc(C)cc2)cc1. The van der Waals surface area contributed by atoms with Gasteiger partial charge in [0.15, 0.2) is 0 Å². The summed E-state index contributed by atoms with van der Waals surface area (Å²) in [6.07, 6.45) is 2.17. The molecule has 94 valence electrons. The van der Waals surface area contributed by atoms with Crippen molar-refractivity contribution in [2.45, 2.75) is 26.7 Å². The molecule has 1 nitrogen and oxygen atoms in total. The summed E-state index contributed by atoms with van der Waals surface area (Å²) >= 11 is 0. The van der Waals surface area contributed by atoms with Crippen molar-refractivity contribution in [2.75, 3.05) is 6.61 Å². The van der Waals surface area contributed by atoms with Gasteiger partial charge in [-0.3, -0.25) is 0 Å². The van der Waals surface area contributed by atoms with Gasteiger partial charge in [0.1, 0.15) is 5.75 Å². The van der Waals surface area contributed by atoms with Crippen LogP contribution in [0.2, 0.25) is 0 Å². The molecule has 0 amide bonds. The molecule has 1 heteroatoms. The summed E-state index contributed by atoms with van der Waals surface area (Å²) in [5.74, 6) is 0.955. The Labute approximate surface area is 109 Å². The molecule has 2 aromatic rings. The van der Waals surface area contributed by atoms with Crippen molar-refractivity contribution in [1.82, 2.24) is 0 Å². The van der Waals surface area contributed by atoms with Gasteiger partial charge in [0.25, 0.3) is 0 Å². The van der Waals surface area contributed by atoms with Crippen LogP contribution in [0, 0.1) is 6.92 Å². The van der Waals surface area contributed by atoms with E-state index in [1.807, 2.05) is 19.1 Å². The Morgan fingerprint density at radius 2 is 1.28 bits per heavy atom. The van der Waals surface area contributed by atoms with Crippen molar-refractivity contribution >= 4 is 0 Å². The zero-order valence-electron chi connectivity index (χ0n) is 11.1. The fourth-order valence-corrected chi connectivity index (χ4v) is 1.96. The quantitative estimate of drug-likeness (QED) is 0.762. The van der Waals surface area contributed by atoms with E-state index in [2.05, 4.69) is 43.3 Å². The van der Waals surface area contributed by atoms with Crippen LogP contribution >= 0.6 is 0 Å². The molecule has 0 radical (unpaired) electrons. The smallest absolute Gasteiger partial charge is 0.119 e. The highest BCUT2D eigenvalue weighted by atomic mass is 16.5. The molecular formula is C17H20O. The summed E-state index contributed by atoms with van der Waals surface area (Å²) in [5.41, 5.74) is 4.08. The van der Waals surface area contributed by atoms with Gasteiger partial charge in [0, 0.05) is 0 Å². The number of rotatable bonds is 5. The molecule has 0 saturated carbocycles. The first-order valence-corrected chi connectivity index (χ1v) is 6.55. The lowest BCUT2D eigenvalue weighted by Crippen LogP contribution is -1.93. The third-order valence-corrected chi connectivity index (χ3v) is 3.06. The maximum atomic E-state index is 5.44. The standard InChI is InChI=1S/C17H20O/c1-3-18-17-12-10-16(11-13-17)9-8-15-6-4-14(2)5-7-15/h4-7,10-13H,3,8-9H2,1-2H3. The van der Waals surface area contributed by atoms with Gasteiger partial charge in [0.2, 0.25) is 0 Å². The van der Waals surface area contributed by atoms with Crippen LogP contribution in [0.25, 0.3) is 0 Å². The minimum absolute atomic E-state index is 0.725. The third kappa shape index (κ3) is 3.63. The van der Waals surface area contributed by atoms with Crippen LogP contribution in [0.5, 0.6) is 5.75 Å². The Bertz CT molecular complexity index is 468. The maximum absolute atomic E-state index is 5.44. The van der Waals surface area contributed by atoms with Crippen LogP contribution in [-0.4, -0.2) is 6.61 Å². The lowest BCUT2D eigenvalue weighted by atomic mass is 10.0. The van der Waals surface area contributed by atoms with Crippen molar-refractivity contribution < 1.29 is 4.74 Å². The highest BCUT2D eigenvalue weighted by Gasteiger charge is 1.97. The van der Waals surface area contributed by atoms with E-state index < -0.39 is 0 Å². The summed E-state index contributed by atoms with van der Waals surface area (Å²) in [7, 11) is 0. The van der Waals surface area contributed by atoms with Crippen LogP contribution in [0.4, 0.5) is 0 Å². The highest BCUT2D eigenvalue weighted by Crippen LogP contribution is 2.14. The number of hydrogen-bond acceptors (Lipinski definition) is 1. The van der Waals surface area contributed by atoms with E-state index in [-0.39, 0.29) is 0 Å². The summed E-state index contributed by atoms with van der Waals surface area (Å²) in [6.45, 7) is 4.85. The Balaban J connectivity index is 1.91. The molecule has 2 aromatic carbocycles. The van der Waals surface area contributed by atoms with E-state index in [1.54, 1.807) is 0 Å².